The van der Waals surface area contributed by atoms with E-state index < -0.39 is 32.4 Å². The number of amides is 1. The number of phenols is 1. The topological polar surface area (TPSA) is 95.5 Å². The van der Waals surface area contributed by atoms with Crippen molar-refractivity contribution in [1.29, 1.82) is 0 Å². The lowest BCUT2D eigenvalue weighted by molar-refractivity contribution is 0.102. The number of anilines is 2. The van der Waals surface area contributed by atoms with Crippen LogP contribution in [0.5, 0.6) is 5.75 Å². The van der Waals surface area contributed by atoms with Gasteiger partial charge >= 0.3 is 0 Å². The quantitative estimate of drug-likeness (QED) is 0.438. The number of hydrogen-bond acceptors (Lipinski definition) is 4. The Morgan fingerprint density at radius 3 is 2.27 bits per heavy atom. The van der Waals surface area contributed by atoms with Crippen LogP contribution < -0.4 is 10.0 Å². The molecule has 0 atom stereocenters. The van der Waals surface area contributed by atoms with E-state index in [0.717, 1.165) is 18.2 Å². The number of phenolic OH excluding ortho intramolecular Hbond substituents is 1. The van der Waals surface area contributed by atoms with Crippen LogP contribution in [0.1, 0.15) is 10.4 Å². The van der Waals surface area contributed by atoms with Crippen LogP contribution in [0.15, 0.2) is 59.5 Å². The van der Waals surface area contributed by atoms with Gasteiger partial charge < -0.3 is 10.4 Å². The highest BCUT2D eigenvalue weighted by Gasteiger charge is 2.24. The van der Waals surface area contributed by atoms with Gasteiger partial charge in [-0.05, 0) is 54.6 Å². The van der Waals surface area contributed by atoms with Crippen molar-refractivity contribution < 1.29 is 22.7 Å². The molecule has 0 aliphatic heterocycles. The second kappa shape index (κ2) is 8.69. The smallest absolute Gasteiger partial charge is 0.265 e. The Hall–Kier alpha value is -2.52. The SMILES string of the molecule is O=C(Nc1ccc(F)cc1)c1cc(Cl)ccc1NS(=O)(=O)c1cc(Cl)cc(Cl)c1O. The predicted octanol–water partition coefficient (Wildman–Crippen LogP) is 5.54. The molecular weight excluding hydrogens is 478 g/mol. The Labute approximate surface area is 186 Å². The molecule has 0 aliphatic rings. The lowest BCUT2D eigenvalue weighted by Crippen LogP contribution is -2.19. The molecule has 1 amide bonds. The van der Waals surface area contributed by atoms with Crippen LogP contribution in [0.4, 0.5) is 15.8 Å². The van der Waals surface area contributed by atoms with Crippen molar-refractivity contribution in [2.45, 2.75) is 4.90 Å². The van der Waals surface area contributed by atoms with Crippen molar-refractivity contribution in [1.82, 2.24) is 0 Å². The first-order valence-electron chi connectivity index (χ1n) is 8.14. The molecule has 0 bridgehead atoms. The fourth-order valence-corrected chi connectivity index (χ4v) is 4.48. The van der Waals surface area contributed by atoms with E-state index in [1.54, 1.807) is 0 Å². The third-order valence-electron chi connectivity index (χ3n) is 3.86. The van der Waals surface area contributed by atoms with Crippen molar-refractivity contribution in [3.8, 4) is 5.75 Å². The summed E-state index contributed by atoms with van der Waals surface area (Å²) >= 11 is 17.6. The molecule has 0 saturated heterocycles. The molecule has 0 radical (unpaired) electrons. The van der Waals surface area contributed by atoms with Crippen LogP contribution in [-0.4, -0.2) is 19.4 Å². The molecule has 3 aromatic carbocycles. The van der Waals surface area contributed by atoms with Crippen molar-refractivity contribution in [2.24, 2.45) is 0 Å². The highest BCUT2D eigenvalue weighted by molar-refractivity contribution is 7.92. The molecule has 6 nitrogen and oxygen atoms in total. The molecule has 3 N–H and O–H groups in total. The minimum absolute atomic E-state index is 0.0106. The summed E-state index contributed by atoms with van der Waals surface area (Å²) in [4.78, 5) is 12.1. The number of sulfonamides is 1. The second-order valence-corrected chi connectivity index (χ2v) is 8.92. The molecule has 0 fully saturated rings. The van der Waals surface area contributed by atoms with Gasteiger partial charge in [0.1, 0.15) is 10.7 Å². The van der Waals surface area contributed by atoms with Gasteiger partial charge in [-0.1, -0.05) is 34.8 Å². The summed E-state index contributed by atoms with van der Waals surface area (Å²) in [5.41, 5.74) is 0.0620. The first kappa shape index (κ1) is 22.2. The monoisotopic (exact) mass is 488 g/mol. The molecule has 3 aromatic rings. The van der Waals surface area contributed by atoms with Gasteiger partial charge in [0.25, 0.3) is 15.9 Å². The summed E-state index contributed by atoms with van der Waals surface area (Å²) in [6, 6.07) is 11.1. The molecule has 0 aliphatic carbocycles. The van der Waals surface area contributed by atoms with Gasteiger partial charge in [0.15, 0.2) is 5.75 Å². The van der Waals surface area contributed by atoms with E-state index in [4.69, 9.17) is 34.8 Å². The third kappa shape index (κ3) is 4.96. The van der Waals surface area contributed by atoms with Gasteiger partial charge in [-0.15, -0.1) is 0 Å². The van der Waals surface area contributed by atoms with Crippen LogP contribution in [0, 0.1) is 5.82 Å². The van der Waals surface area contributed by atoms with E-state index in [9.17, 15) is 22.7 Å². The summed E-state index contributed by atoms with van der Waals surface area (Å²) < 4.78 is 40.8. The maximum absolute atomic E-state index is 13.1. The molecule has 0 spiro atoms. The number of carbonyl (C=O) groups excluding carboxylic acids is 1. The van der Waals surface area contributed by atoms with Gasteiger partial charge in [-0.3, -0.25) is 9.52 Å². The zero-order valence-corrected chi connectivity index (χ0v) is 17.9. The fraction of sp³-hybridized carbons (Fsp3) is 0. The average Bonchev–Trinajstić information content (AvgIpc) is 2.67. The van der Waals surface area contributed by atoms with Gasteiger partial charge in [-0.2, -0.15) is 0 Å². The Morgan fingerprint density at radius 2 is 1.60 bits per heavy atom. The molecule has 0 heterocycles. The number of halogens is 4. The van der Waals surface area contributed by atoms with E-state index in [2.05, 4.69) is 10.0 Å². The van der Waals surface area contributed by atoms with Crippen LogP contribution in [0.2, 0.25) is 15.1 Å². The van der Waals surface area contributed by atoms with Gasteiger partial charge in [0.05, 0.1) is 16.3 Å². The van der Waals surface area contributed by atoms with Crippen LogP contribution >= 0.6 is 34.8 Å². The van der Waals surface area contributed by atoms with Crippen LogP contribution in [-0.2, 0) is 10.0 Å². The standard InChI is InChI=1S/C19H12Cl3FN2O4S/c20-10-1-6-16(14(7-10)19(27)24-13-4-2-12(23)3-5-13)25-30(28,29)17-9-11(21)8-15(22)18(17)26/h1-9,25-26H,(H,24,27). The summed E-state index contributed by atoms with van der Waals surface area (Å²) in [6.45, 7) is 0. The highest BCUT2D eigenvalue weighted by atomic mass is 35.5. The Morgan fingerprint density at radius 1 is 0.933 bits per heavy atom. The zero-order valence-electron chi connectivity index (χ0n) is 14.8. The first-order chi connectivity index (χ1) is 14.1. The molecule has 0 unspecified atom stereocenters. The summed E-state index contributed by atoms with van der Waals surface area (Å²) in [5, 5.41) is 12.5. The molecule has 3 rings (SSSR count). The summed E-state index contributed by atoms with van der Waals surface area (Å²) in [7, 11) is -4.38. The maximum atomic E-state index is 13.1. The van der Waals surface area contributed by atoms with Crippen LogP contribution in [0.25, 0.3) is 0 Å². The molecule has 0 aromatic heterocycles. The van der Waals surface area contributed by atoms with E-state index in [0.29, 0.717) is 0 Å². The molecule has 0 saturated carbocycles. The lowest BCUT2D eigenvalue weighted by Gasteiger charge is -2.14. The second-order valence-electron chi connectivity index (χ2n) is 5.99. The maximum Gasteiger partial charge on any atom is 0.265 e. The molecule has 11 heteroatoms. The fourth-order valence-electron chi connectivity index (χ4n) is 2.47. The van der Waals surface area contributed by atoms with Gasteiger partial charge in [0, 0.05) is 15.7 Å². The van der Waals surface area contributed by atoms with Crippen molar-refractivity contribution in [3.63, 3.8) is 0 Å². The highest BCUT2D eigenvalue weighted by Crippen LogP contribution is 2.35. The Kier molecular flexibility index (Phi) is 6.42. The van der Waals surface area contributed by atoms with E-state index in [-0.39, 0.29) is 32.0 Å². The van der Waals surface area contributed by atoms with E-state index in [1.807, 2.05) is 0 Å². The van der Waals surface area contributed by atoms with Crippen molar-refractivity contribution in [2.75, 3.05) is 10.0 Å². The molecule has 30 heavy (non-hydrogen) atoms. The van der Waals surface area contributed by atoms with Gasteiger partial charge in [0.2, 0.25) is 0 Å². The first-order valence-corrected chi connectivity index (χ1v) is 10.8. The number of benzene rings is 3. The summed E-state index contributed by atoms with van der Waals surface area (Å²) in [6.07, 6.45) is 0. The molecule has 156 valence electrons. The number of rotatable bonds is 5. The predicted molar refractivity (Wildman–Crippen MR) is 115 cm³/mol. The largest absolute Gasteiger partial charge is 0.505 e. The van der Waals surface area contributed by atoms with Crippen molar-refractivity contribution in [3.05, 3.63) is 81.0 Å². The van der Waals surface area contributed by atoms with E-state index in [1.165, 1.54) is 36.4 Å². The van der Waals surface area contributed by atoms with Crippen LogP contribution in [0.3, 0.4) is 0 Å². The Bertz CT molecular complexity index is 1240. The number of nitrogens with one attached hydrogen (secondary N) is 2. The number of hydrogen-bond donors (Lipinski definition) is 3. The van der Waals surface area contributed by atoms with E-state index >= 15 is 0 Å². The minimum atomic E-state index is -4.38. The lowest BCUT2D eigenvalue weighted by atomic mass is 10.1. The molecular formula is C19H12Cl3FN2O4S. The average molecular weight is 490 g/mol. The summed E-state index contributed by atoms with van der Waals surface area (Å²) in [5.74, 6) is -1.88. The van der Waals surface area contributed by atoms with Crippen molar-refractivity contribution >= 4 is 62.1 Å². The Balaban J connectivity index is 1.97. The third-order valence-corrected chi connectivity index (χ3v) is 5.98. The zero-order chi connectivity index (χ0) is 22.1. The number of carbonyl (C=O) groups is 1. The normalized spacial score (nSPS) is 11.2. The van der Waals surface area contributed by atoms with Gasteiger partial charge in [-0.25, -0.2) is 12.8 Å². The minimum Gasteiger partial charge on any atom is -0.505 e. The number of aromatic hydroxyl groups is 1.